The number of allylic oxidation sites excluding steroid dienone is 7. The topological polar surface area (TPSA) is 0 Å². The summed E-state index contributed by atoms with van der Waals surface area (Å²) < 4.78 is 0. The molecule has 0 fully saturated rings. The van der Waals surface area contributed by atoms with Gasteiger partial charge in [0.05, 0.1) is 0 Å². The highest BCUT2D eigenvalue weighted by molar-refractivity contribution is 5.92. The van der Waals surface area contributed by atoms with Crippen molar-refractivity contribution in [2.45, 2.75) is 12.8 Å². The molecular weight excluding hydrogens is 528 g/mol. The summed E-state index contributed by atoms with van der Waals surface area (Å²) in [5.74, 6) is 0.417. The van der Waals surface area contributed by atoms with Crippen LogP contribution in [0.2, 0.25) is 0 Å². The second-order valence-corrected chi connectivity index (χ2v) is 12.1. The van der Waals surface area contributed by atoms with Crippen molar-refractivity contribution in [2.24, 2.45) is 11.8 Å². The molecule has 5 aromatic rings. The van der Waals surface area contributed by atoms with E-state index >= 15 is 0 Å². The molecule has 2 atom stereocenters. The van der Waals surface area contributed by atoms with Crippen molar-refractivity contribution in [3.63, 3.8) is 0 Å². The third-order valence-electron chi connectivity index (χ3n) is 9.50. The lowest BCUT2D eigenvalue weighted by atomic mass is 9.67. The summed E-state index contributed by atoms with van der Waals surface area (Å²) in [6.45, 7) is 4.66. The van der Waals surface area contributed by atoms with Gasteiger partial charge in [0.2, 0.25) is 0 Å². The van der Waals surface area contributed by atoms with Crippen molar-refractivity contribution >= 4 is 39.6 Å². The monoisotopic (exact) mass is 562 g/mol. The highest BCUT2D eigenvalue weighted by Gasteiger charge is 2.34. The Morgan fingerprint density at radius 2 is 1.43 bits per heavy atom. The molecule has 0 bridgehead atoms. The molecule has 3 aliphatic carbocycles. The van der Waals surface area contributed by atoms with Crippen molar-refractivity contribution in [1.82, 2.24) is 0 Å². The number of hydrogen-bond donors (Lipinski definition) is 0. The van der Waals surface area contributed by atoms with Crippen molar-refractivity contribution < 1.29 is 0 Å². The van der Waals surface area contributed by atoms with Crippen LogP contribution in [0.25, 0.3) is 39.6 Å². The maximum atomic E-state index is 4.66. The molecule has 5 aromatic carbocycles. The first-order valence-corrected chi connectivity index (χ1v) is 15.7. The molecule has 0 saturated heterocycles. The van der Waals surface area contributed by atoms with E-state index in [-0.39, 0.29) is 11.8 Å². The van der Waals surface area contributed by atoms with Crippen molar-refractivity contribution in [2.75, 3.05) is 0 Å². The Kier molecular flexibility index (Phi) is 6.69. The highest BCUT2D eigenvalue weighted by atomic mass is 14.4. The molecule has 0 amide bonds. The summed E-state index contributed by atoms with van der Waals surface area (Å²) in [5.41, 5.74) is 11.9. The van der Waals surface area contributed by atoms with Gasteiger partial charge in [-0.25, -0.2) is 0 Å². The lowest BCUT2D eigenvalue weighted by Crippen LogP contribution is -2.40. The molecule has 8 rings (SSSR count). The van der Waals surface area contributed by atoms with Gasteiger partial charge in [-0.3, -0.25) is 0 Å². The Balaban J connectivity index is 1.33. The van der Waals surface area contributed by atoms with Gasteiger partial charge in [0.1, 0.15) is 0 Å². The normalized spacial score (nSPS) is 18.8. The molecule has 0 aromatic heterocycles. The van der Waals surface area contributed by atoms with Crippen molar-refractivity contribution in [1.29, 1.82) is 0 Å². The average Bonchev–Trinajstić information content (AvgIpc) is 3.09. The van der Waals surface area contributed by atoms with Crippen LogP contribution < -0.4 is 10.4 Å². The van der Waals surface area contributed by atoms with Crippen LogP contribution in [0.1, 0.15) is 28.7 Å². The molecule has 0 aliphatic heterocycles. The Labute approximate surface area is 259 Å². The fourth-order valence-electron chi connectivity index (χ4n) is 7.36. The zero-order valence-electron chi connectivity index (χ0n) is 24.8. The standard InChI is InChI=1S/C44H34/c1-30(19-20-31-11-3-2-4-12-31)43-39-17-9-10-18-40(39)44(38-24-22-33-14-6-8-16-35(33)28-38)42-29-37(25-26-41(42)43)36-23-21-32-13-5-7-15-34(32)27-36/h2-21,23,25-29,41-42H,1,22,24H2. The second-order valence-electron chi connectivity index (χ2n) is 12.1. The Bertz CT molecular complexity index is 2180. The van der Waals surface area contributed by atoms with Crippen LogP contribution in [-0.2, 0) is 6.42 Å². The Morgan fingerprint density at radius 3 is 2.32 bits per heavy atom. The van der Waals surface area contributed by atoms with E-state index in [0.29, 0.717) is 0 Å². The molecule has 0 N–H and O–H groups in total. The van der Waals surface area contributed by atoms with Gasteiger partial charge in [0, 0.05) is 11.8 Å². The number of hydrogen-bond acceptors (Lipinski definition) is 0. The zero-order chi connectivity index (χ0) is 29.5. The summed E-state index contributed by atoms with van der Waals surface area (Å²) >= 11 is 0. The minimum Gasteiger partial charge on any atom is -0.0914 e. The molecule has 44 heavy (non-hydrogen) atoms. The summed E-state index contributed by atoms with van der Waals surface area (Å²) in [5, 5.41) is 5.20. The van der Waals surface area contributed by atoms with E-state index in [2.05, 4.69) is 164 Å². The average molecular weight is 563 g/mol. The summed E-state index contributed by atoms with van der Waals surface area (Å²) in [4.78, 5) is 0. The summed E-state index contributed by atoms with van der Waals surface area (Å²) in [6, 6.07) is 43.9. The molecule has 0 heteroatoms. The largest absolute Gasteiger partial charge is 0.0914 e. The molecule has 0 spiro atoms. The van der Waals surface area contributed by atoms with Crippen molar-refractivity contribution in [3.05, 3.63) is 196 Å². The van der Waals surface area contributed by atoms with E-state index in [1.807, 2.05) is 0 Å². The van der Waals surface area contributed by atoms with Crippen LogP contribution in [0, 0.1) is 11.8 Å². The van der Waals surface area contributed by atoms with Gasteiger partial charge in [-0.15, -0.1) is 0 Å². The van der Waals surface area contributed by atoms with Gasteiger partial charge >= 0.3 is 0 Å². The predicted molar refractivity (Wildman–Crippen MR) is 188 cm³/mol. The highest BCUT2D eigenvalue weighted by Crippen LogP contribution is 2.45. The van der Waals surface area contributed by atoms with Gasteiger partial charge in [-0.1, -0.05) is 158 Å². The predicted octanol–water partition coefficient (Wildman–Crippen LogP) is 9.34. The van der Waals surface area contributed by atoms with Crippen LogP contribution in [0.15, 0.2) is 163 Å². The lowest BCUT2D eigenvalue weighted by molar-refractivity contribution is 0.682. The van der Waals surface area contributed by atoms with Crippen LogP contribution >= 0.6 is 0 Å². The quantitative estimate of drug-likeness (QED) is 0.187. The summed E-state index contributed by atoms with van der Waals surface area (Å²) in [6.07, 6.45) is 16.3. The van der Waals surface area contributed by atoms with Crippen molar-refractivity contribution in [3.8, 4) is 0 Å². The van der Waals surface area contributed by atoms with Gasteiger partial charge in [-0.2, -0.15) is 0 Å². The van der Waals surface area contributed by atoms with Gasteiger partial charge < -0.3 is 0 Å². The first-order valence-electron chi connectivity index (χ1n) is 15.7. The minimum atomic E-state index is 0.204. The van der Waals surface area contributed by atoms with E-state index in [4.69, 9.17) is 0 Å². The maximum absolute atomic E-state index is 4.66. The van der Waals surface area contributed by atoms with Crippen LogP contribution in [0.5, 0.6) is 0 Å². The van der Waals surface area contributed by atoms with E-state index in [9.17, 15) is 0 Å². The molecule has 210 valence electrons. The molecule has 2 unspecified atom stereocenters. The Morgan fingerprint density at radius 1 is 0.682 bits per heavy atom. The zero-order valence-corrected chi connectivity index (χ0v) is 24.8. The Hall–Kier alpha value is -5.20. The van der Waals surface area contributed by atoms with E-state index in [1.165, 1.54) is 65.8 Å². The fraction of sp³-hybridized carbons (Fsp3) is 0.0909. The number of aryl methyl sites for hydroxylation is 1. The molecular formula is C44H34. The van der Waals surface area contributed by atoms with Gasteiger partial charge in [0.25, 0.3) is 0 Å². The number of benzene rings is 5. The molecule has 0 nitrogen and oxygen atoms in total. The molecule has 0 radical (unpaired) electrons. The van der Waals surface area contributed by atoms with Gasteiger partial charge in [0.15, 0.2) is 0 Å². The minimum absolute atomic E-state index is 0.204. The third kappa shape index (κ3) is 4.74. The first kappa shape index (κ1) is 26.4. The SMILES string of the molecule is C=C(C=Cc1ccccc1)C1=c2ccccc2=C(C2=Cc3ccccc3CC2)C2C=C(c3ccc4ccccc4c3)C=CC12. The number of rotatable bonds is 5. The van der Waals surface area contributed by atoms with Crippen LogP contribution in [-0.4, -0.2) is 0 Å². The van der Waals surface area contributed by atoms with E-state index in [0.717, 1.165) is 18.4 Å². The summed E-state index contributed by atoms with van der Waals surface area (Å²) in [7, 11) is 0. The third-order valence-corrected chi connectivity index (χ3v) is 9.50. The second kappa shape index (κ2) is 11.1. The molecule has 3 aliphatic rings. The first-order chi connectivity index (χ1) is 21.7. The molecule has 0 heterocycles. The van der Waals surface area contributed by atoms with Gasteiger partial charge in [-0.05, 0) is 90.2 Å². The molecule has 0 saturated carbocycles. The number of fused-ring (bicyclic) bond motifs is 4. The maximum Gasteiger partial charge on any atom is 0.0140 e. The van der Waals surface area contributed by atoms with E-state index in [1.54, 1.807) is 0 Å². The fourth-order valence-corrected chi connectivity index (χ4v) is 7.36. The van der Waals surface area contributed by atoms with Crippen LogP contribution in [0.4, 0.5) is 0 Å². The van der Waals surface area contributed by atoms with E-state index < -0.39 is 0 Å². The van der Waals surface area contributed by atoms with Crippen LogP contribution in [0.3, 0.4) is 0 Å². The smallest absolute Gasteiger partial charge is 0.0140 e. The lowest BCUT2D eigenvalue weighted by Gasteiger charge is -2.36.